The van der Waals surface area contributed by atoms with Gasteiger partial charge in [-0.3, -0.25) is 10.1 Å². The summed E-state index contributed by atoms with van der Waals surface area (Å²) < 4.78 is 10.5. The Morgan fingerprint density at radius 1 is 1.24 bits per heavy atom. The molecule has 0 radical (unpaired) electrons. The number of halogens is 2. The van der Waals surface area contributed by atoms with E-state index < -0.39 is 4.92 Å². The second kappa shape index (κ2) is 6.78. The number of hydrogen-bond acceptors (Lipinski definition) is 4. The zero-order chi connectivity index (χ0) is 15.4. The van der Waals surface area contributed by atoms with Crippen molar-refractivity contribution >= 4 is 33.2 Å². The molecule has 0 aliphatic carbocycles. The highest BCUT2D eigenvalue weighted by molar-refractivity contribution is 9.08. The smallest absolute Gasteiger partial charge is 0.314 e. The number of methoxy groups -OCH3 is 1. The van der Waals surface area contributed by atoms with Crippen molar-refractivity contribution in [3.05, 3.63) is 57.1 Å². The van der Waals surface area contributed by atoms with Gasteiger partial charge in [0.15, 0.2) is 5.75 Å². The summed E-state index contributed by atoms with van der Waals surface area (Å²) in [6.07, 6.45) is 0. The summed E-state index contributed by atoms with van der Waals surface area (Å²) in [5.74, 6) is 0.921. The van der Waals surface area contributed by atoms with Gasteiger partial charge in [0.2, 0.25) is 0 Å². The van der Waals surface area contributed by atoms with E-state index in [1.165, 1.54) is 19.2 Å². The Balaban J connectivity index is 2.31. The highest BCUT2D eigenvalue weighted by Crippen LogP contribution is 2.35. The van der Waals surface area contributed by atoms with Crippen molar-refractivity contribution in [1.82, 2.24) is 0 Å². The van der Waals surface area contributed by atoms with Crippen molar-refractivity contribution in [2.45, 2.75) is 5.33 Å². The van der Waals surface area contributed by atoms with E-state index in [-0.39, 0.29) is 11.4 Å². The Morgan fingerprint density at radius 3 is 2.52 bits per heavy atom. The van der Waals surface area contributed by atoms with Gasteiger partial charge >= 0.3 is 5.69 Å². The van der Waals surface area contributed by atoms with E-state index in [0.717, 1.165) is 5.56 Å². The lowest BCUT2D eigenvalue weighted by Crippen LogP contribution is -1.95. The van der Waals surface area contributed by atoms with Crippen molar-refractivity contribution in [2.24, 2.45) is 0 Å². The molecule has 0 aliphatic heterocycles. The van der Waals surface area contributed by atoms with Crippen LogP contribution in [0, 0.1) is 10.1 Å². The summed E-state index contributed by atoms with van der Waals surface area (Å²) in [7, 11) is 1.37. The molecule has 110 valence electrons. The second-order valence-corrected chi connectivity index (χ2v) is 5.06. The molecule has 0 N–H and O–H groups in total. The Bertz CT molecular complexity index is 678. The maximum Gasteiger partial charge on any atom is 0.314 e. The molecule has 2 aromatic rings. The highest BCUT2D eigenvalue weighted by atomic mass is 79.9. The van der Waals surface area contributed by atoms with Gasteiger partial charge in [0, 0.05) is 5.33 Å². The summed E-state index contributed by atoms with van der Waals surface area (Å²) >= 11 is 9.45. The maximum atomic E-state index is 11.0. The molecule has 0 fully saturated rings. The lowest BCUT2D eigenvalue weighted by Gasteiger charge is -2.09. The van der Waals surface area contributed by atoms with Crippen LogP contribution in [0.4, 0.5) is 5.69 Å². The monoisotopic (exact) mass is 371 g/mol. The van der Waals surface area contributed by atoms with E-state index in [2.05, 4.69) is 15.9 Å². The molecule has 2 rings (SSSR count). The van der Waals surface area contributed by atoms with E-state index >= 15 is 0 Å². The van der Waals surface area contributed by atoms with Crippen LogP contribution in [0.15, 0.2) is 36.4 Å². The molecule has 0 aromatic heterocycles. The average molecular weight is 373 g/mol. The van der Waals surface area contributed by atoms with Gasteiger partial charge in [0.1, 0.15) is 11.5 Å². The molecule has 21 heavy (non-hydrogen) atoms. The highest BCUT2D eigenvalue weighted by Gasteiger charge is 2.16. The number of benzene rings is 2. The second-order valence-electron chi connectivity index (χ2n) is 4.09. The molecular weight excluding hydrogens is 362 g/mol. The molecule has 0 spiro atoms. The molecule has 0 aliphatic rings. The number of rotatable bonds is 5. The number of hydrogen-bond donors (Lipinski definition) is 0. The predicted molar refractivity (Wildman–Crippen MR) is 83.8 cm³/mol. The van der Waals surface area contributed by atoms with Crippen LogP contribution in [0.2, 0.25) is 5.02 Å². The zero-order valence-electron chi connectivity index (χ0n) is 11.0. The van der Waals surface area contributed by atoms with Gasteiger partial charge < -0.3 is 9.47 Å². The van der Waals surface area contributed by atoms with Crippen LogP contribution >= 0.6 is 27.5 Å². The van der Waals surface area contributed by atoms with Crippen LogP contribution in [-0.4, -0.2) is 12.0 Å². The molecule has 0 saturated carbocycles. The minimum absolute atomic E-state index is 0.164. The topological polar surface area (TPSA) is 61.6 Å². The molecule has 5 nitrogen and oxygen atoms in total. The third-order valence-corrected chi connectivity index (χ3v) is 3.67. The average Bonchev–Trinajstić information content (AvgIpc) is 2.49. The largest absolute Gasteiger partial charge is 0.490 e. The van der Waals surface area contributed by atoms with Crippen LogP contribution in [0.25, 0.3) is 0 Å². The van der Waals surface area contributed by atoms with Crippen LogP contribution in [0.3, 0.4) is 0 Å². The molecule has 7 heteroatoms. The van der Waals surface area contributed by atoms with Gasteiger partial charge in [-0.05, 0) is 29.8 Å². The quantitative estimate of drug-likeness (QED) is 0.423. The first-order valence-corrected chi connectivity index (χ1v) is 7.39. The molecule has 0 saturated heterocycles. The van der Waals surface area contributed by atoms with Gasteiger partial charge in [-0.2, -0.15) is 0 Å². The SMILES string of the molecule is COc1ccc(Oc2ccc(CBr)cc2Cl)cc1[N+](=O)[O-]. The van der Waals surface area contributed by atoms with Crippen LogP contribution < -0.4 is 9.47 Å². The first-order chi connectivity index (χ1) is 10.0. The van der Waals surface area contributed by atoms with Crippen molar-refractivity contribution in [3.63, 3.8) is 0 Å². The fourth-order valence-corrected chi connectivity index (χ4v) is 2.30. The van der Waals surface area contributed by atoms with Crippen LogP contribution in [-0.2, 0) is 5.33 Å². The summed E-state index contributed by atoms with van der Waals surface area (Å²) in [5.41, 5.74) is 0.844. The van der Waals surface area contributed by atoms with Gasteiger partial charge in [0.25, 0.3) is 0 Å². The van der Waals surface area contributed by atoms with Crippen molar-refractivity contribution in [3.8, 4) is 17.2 Å². The Morgan fingerprint density at radius 2 is 1.95 bits per heavy atom. The summed E-state index contributed by atoms with van der Waals surface area (Å²) in [5, 5.41) is 12.1. The third-order valence-electron chi connectivity index (χ3n) is 2.73. The lowest BCUT2D eigenvalue weighted by molar-refractivity contribution is -0.385. The van der Waals surface area contributed by atoms with E-state index in [4.69, 9.17) is 21.1 Å². The van der Waals surface area contributed by atoms with E-state index in [0.29, 0.717) is 21.9 Å². The standard InChI is InChI=1S/C14H11BrClNO4/c1-20-14-5-3-10(7-12(14)17(18)19)21-13-4-2-9(8-15)6-11(13)16/h2-7H,8H2,1H3. The Hall–Kier alpha value is -1.79. The normalized spacial score (nSPS) is 10.2. The van der Waals surface area contributed by atoms with E-state index in [9.17, 15) is 10.1 Å². The number of nitro benzene ring substituents is 1. The minimum Gasteiger partial charge on any atom is -0.490 e. The van der Waals surface area contributed by atoms with Gasteiger partial charge in [-0.1, -0.05) is 33.6 Å². The molecule has 0 unspecified atom stereocenters. The number of alkyl halides is 1. The van der Waals surface area contributed by atoms with Crippen molar-refractivity contribution < 1.29 is 14.4 Å². The Kier molecular flexibility index (Phi) is 5.03. The Labute approximate surface area is 134 Å². The molecule has 0 bridgehead atoms. The van der Waals surface area contributed by atoms with Crippen LogP contribution in [0.1, 0.15) is 5.56 Å². The summed E-state index contributed by atoms with van der Waals surface area (Å²) in [4.78, 5) is 10.4. The van der Waals surface area contributed by atoms with Gasteiger partial charge in [-0.25, -0.2) is 0 Å². The summed E-state index contributed by atoms with van der Waals surface area (Å²) in [6, 6.07) is 9.70. The number of nitrogens with zero attached hydrogens (tertiary/aromatic N) is 1. The van der Waals surface area contributed by atoms with E-state index in [1.54, 1.807) is 18.2 Å². The molecule has 0 atom stereocenters. The fourth-order valence-electron chi connectivity index (χ4n) is 1.71. The molecular formula is C14H11BrClNO4. The molecule has 0 amide bonds. The zero-order valence-corrected chi connectivity index (χ0v) is 13.3. The third kappa shape index (κ3) is 3.65. The van der Waals surface area contributed by atoms with Gasteiger partial charge in [0.05, 0.1) is 23.1 Å². The molecule has 0 heterocycles. The number of ether oxygens (including phenoxy) is 2. The minimum atomic E-state index is -0.527. The van der Waals surface area contributed by atoms with Crippen LogP contribution in [0.5, 0.6) is 17.2 Å². The van der Waals surface area contributed by atoms with Crippen molar-refractivity contribution in [1.29, 1.82) is 0 Å². The van der Waals surface area contributed by atoms with Crippen molar-refractivity contribution in [2.75, 3.05) is 7.11 Å². The fraction of sp³-hybridized carbons (Fsp3) is 0.143. The first kappa shape index (κ1) is 15.6. The van der Waals surface area contributed by atoms with E-state index in [1.807, 2.05) is 6.07 Å². The number of nitro groups is 1. The molecule has 2 aromatic carbocycles. The van der Waals surface area contributed by atoms with Gasteiger partial charge in [-0.15, -0.1) is 0 Å². The predicted octanol–water partition coefficient (Wildman–Crippen LogP) is 4.94. The lowest BCUT2D eigenvalue weighted by atomic mass is 10.2. The maximum absolute atomic E-state index is 11.0. The summed E-state index contributed by atoms with van der Waals surface area (Å²) in [6.45, 7) is 0. The first-order valence-electron chi connectivity index (χ1n) is 5.90.